The van der Waals surface area contributed by atoms with Crippen molar-refractivity contribution in [3.63, 3.8) is 0 Å². The largest absolute Gasteiger partial charge is 0.448 e. The molecule has 0 radical (unpaired) electrons. The molecule has 1 aromatic carbocycles. The first-order valence-corrected chi connectivity index (χ1v) is 7.88. The molecule has 1 aromatic heterocycles. The number of nitrogens with zero attached hydrogens (tertiary/aromatic N) is 1. The van der Waals surface area contributed by atoms with Gasteiger partial charge in [-0.3, -0.25) is 14.9 Å². The second-order valence-corrected chi connectivity index (χ2v) is 5.95. The van der Waals surface area contributed by atoms with Gasteiger partial charge >= 0.3 is 12.1 Å². The van der Waals surface area contributed by atoms with Crippen molar-refractivity contribution in [2.24, 2.45) is 0 Å². The number of nitro benzene ring substituents is 1. The number of hydrogen-bond acceptors (Lipinski definition) is 6. The van der Waals surface area contributed by atoms with Gasteiger partial charge in [-0.2, -0.15) is 13.2 Å². The van der Waals surface area contributed by atoms with Crippen molar-refractivity contribution in [2.75, 3.05) is 5.32 Å². The van der Waals surface area contributed by atoms with Crippen LogP contribution in [0.2, 0.25) is 0 Å². The third-order valence-electron chi connectivity index (χ3n) is 3.15. The summed E-state index contributed by atoms with van der Waals surface area (Å²) < 4.78 is 44.1. The Balaban J connectivity index is 2.17. The van der Waals surface area contributed by atoms with Crippen LogP contribution in [0.4, 0.5) is 24.5 Å². The number of rotatable bonds is 5. The SMILES string of the molecule is C[C@@H](OC(=O)c1cccs1)C(=O)Nc1ccc([N+](=O)[O-])cc1C(F)(F)F. The second-order valence-electron chi connectivity index (χ2n) is 5.00. The fraction of sp³-hybridized carbons (Fsp3) is 0.200. The van der Waals surface area contributed by atoms with Gasteiger partial charge in [-0.15, -0.1) is 11.3 Å². The number of nitrogens with one attached hydrogen (secondary N) is 1. The predicted molar refractivity (Wildman–Crippen MR) is 85.9 cm³/mol. The molecule has 138 valence electrons. The van der Waals surface area contributed by atoms with Gasteiger partial charge in [-0.05, 0) is 24.4 Å². The number of esters is 1. The molecule has 0 aliphatic carbocycles. The lowest BCUT2D eigenvalue weighted by Crippen LogP contribution is -2.30. The first-order valence-electron chi connectivity index (χ1n) is 7.00. The monoisotopic (exact) mass is 388 g/mol. The van der Waals surface area contributed by atoms with E-state index in [2.05, 4.69) is 0 Å². The number of halogens is 3. The van der Waals surface area contributed by atoms with Crippen molar-refractivity contribution < 1.29 is 32.4 Å². The number of thiophene rings is 1. The summed E-state index contributed by atoms with van der Waals surface area (Å²) in [5.41, 5.74) is -2.82. The van der Waals surface area contributed by atoms with Crippen LogP contribution in [0, 0.1) is 10.1 Å². The number of hydrogen-bond donors (Lipinski definition) is 1. The van der Waals surface area contributed by atoms with Gasteiger partial charge in [0.2, 0.25) is 0 Å². The minimum atomic E-state index is -4.93. The van der Waals surface area contributed by atoms with E-state index >= 15 is 0 Å². The Morgan fingerprint density at radius 1 is 1.31 bits per heavy atom. The molecular weight excluding hydrogens is 377 g/mol. The van der Waals surface area contributed by atoms with E-state index in [0.29, 0.717) is 6.07 Å². The number of amides is 1. The van der Waals surface area contributed by atoms with Crippen LogP contribution in [0.25, 0.3) is 0 Å². The average Bonchev–Trinajstić information content (AvgIpc) is 3.08. The standard InChI is InChI=1S/C15H11F3N2O5S/c1-8(25-14(22)12-3-2-6-26-12)13(21)19-11-5-4-9(20(23)24)7-10(11)15(16,17)18/h2-8H,1H3,(H,19,21)/t8-/m1/s1. The molecule has 0 aliphatic rings. The number of carbonyl (C=O) groups excluding carboxylic acids is 2. The Morgan fingerprint density at radius 3 is 2.54 bits per heavy atom. The van der Waals surface area contributed by atoms with Crippen LogP contribution in [-0.2, 0) is 15.7 Å². The third kappa shape index (κ3) is 4.57. The van der Waals surface area contributed by atoms with E-state index < -0.39 is 46.0 Å². The van der Waals surface area contributed by atoms with Gasteiger partial charge in [-0.1, -0.05) is 6.07 Å². The van der Waals surface area contributed by atoms with Crippen molar-refractivity contribution in [3.8, 4) is 0 Å². The second kappa shape index (κ2) is 7.52. The van der Waals surface area contributed by atoms with Crippen molar-refractivity contribution in [2.45, 2.75) is 19.2 Å². The molecule has 2 rings (SSSR count). The first kappa shape index (κ1) is 19.4. The molecule has 0 fully saturated rings. The maximum Gasteiger partial charge on any atom is 0.418 e. The third-order valence-corrected chi connectivity index (χ3v) is 4.00. The maximum atomic E-state index is 13.1. The van der Waals surface area contributed by atoms with Gasteiger partial charge in [0.05, 0.1) is 16.2 Å². The minimum absolute atomic E-state index is 0.232. The molecule has 1 heterocycles. The van der Waals surface area contributed by atoms with E-state index in [1.54, 1.807) is 11.4 Å². The summed E-state index contributed by atoms with van der Waals surface area (Å²) in [6.45, 7) is 1.19. The molecule has 1 N–H and O–H groups in total. The smallest absolute Gasteiger partial charge is 0.418 e. The number of non-ortho nitro benzene ring substituents is 1. The number of alkyl halides is 3. The number of benzene rings is 1. The Hall–Kier alpha value is -2.95. The molecule has 7 nitrogen and oxygen atoms in total. The summed E-state index contributed by atoms with van der Waals surface area (Å²) in [4.78, 5) is 33.7. The number of carbonyl (C=O) groups is 2. The van der Waals surface area contributed by atoms with E-state index in [4.69, 9.17) is 4.74 Å². The van der Waals surface area contributed by atoms with Gasteiger partial charge in [0.1, 0.15) is 4.88 Å². The Morgan fingerprint density at radius 2 is 2.00 bits per heavy atom. The zero-order valence-electron chi connectivity index (χ0n) is 13.1. The van der Waals surface area contributed by atoms with Crippen LogP contribution < -0.4 is 5.32 Å². The number of ether oxygens (including phenoxy) is 1. The number of nitro groups is 1. The van der Waals surface area contributed by atoms with Gasteiger partial charge < -0.3 is 10.1 Å². The summed E-state index contributed by atoms with van der Waals surface area (Å²) >= 11 is 1.08. The Kier molecular flexibility index (Phi) is 5.60. The lowest BCUT2D eigenvalue weighted by Gasteiger charge is -2.16. The molecule has 26 heavy (non-hydrogen) atoms. The van der Waals surface area contributed by atoms with E-state index in [-0.39, 0.29) is 4.88 Å². The molecule has 0 aliphatic heterocycles. The maximum absolute atomic E-state index is 13.1. The van der Waals surface area contributed by atoms with Crippen molar-refractivity contribution in [1.82, 2.24) is 0 Å². The highest BCUT2D eigenvalue weighted by Gasteiger charge is 2.36. The molecule has 1 atom stereocenters. The zero-order valence-corrected chi connectivity index (χ0v) is 13.9. The fourth-order valence-electron chi connectivity index (χ4n) is 1.89. The zero-order chi connectivity index (χ0) is 19.5. The van der Waals surface area contributed by atoms with Gasteiger partial charge in [0, 0.05) is 12.1 Å². The normalized spacial score (nSPS) is 12.3. The summed E-state index contributed by atoms with van der Waals surface area (Å²) in [5.74, 6) is -1.79. The molecule has 2 aromatic rings. The van der Waals surface area contributed by atoms with Crippen molar-refractivity contribution in [3.05, 3.63) is 56.3 Å². The molecule has 0 saturated carbocycles. The summed E-state index contributed by atoms with van der Waals surface area (Å²) in [5, 5.41) is 14.2. The van der Waals surface area contributed by atoms with Gasteiger partial charge in [-0.25, -0.2) is 4.79 Å². The van der Waals surface area contributed by atoms with Crippen molar-refractivity contribution >= 4 is 34.6 Å². The molecule has 11 heteroatoms. The molecule has 0 bridgehead atoms. The lowest BCUT2D eigenvalue weighted by molar-refractivity contribution is -0.385. The van der Waals surface area contributed by atoms with E-state index in [0.717, 1.165) is 23.5 Å². The molecule has 1 amide bonds. The van der Waals surface area contributed by atoms with E-state index in [9.17, 15) is 32.9 Å². The minimum Gasteiger partial charge on any atom is -0.448 e. The van der Waals surface area contributed by atoms with Crippen LogP contribution in [0.3, 0.4) is 0 Å². The van der Waals surface area contributed by atoms with Crippen LogP contribution in [0.1, 0.15) is 22.2 Å². The summed E-state index contributed by atoms with van der Waals surface area (Å²) in [6, 6.07) is 4.98. The van der Waals surface area contributed by atoms with Crippen LogP contribution >= 0.6 is 11.3 Å². The highest BCUT2D eigenvalue weighted by molar-refractivity contribution is 7.11. The van der Waals surface area contributed by atoms with Crippen LogP contribution in [-0.4, -0.2) is 22.9 Å². The Labute approximate surface area is 148 Å². The van der Waals surface area contributed by atoms with Crippen LogP contribution in [0.5, 0.6) is 0 Å². The fourth-order valence-corrected chi connectivity index (χ4v) is 2.50. The molecule has 0 unspecified atom stereocenters. The predicted octanol–water partition coefficient (Wildman–Crippen LogP) is 3.86. The quantitative estimate of drug-likeness (QED) is 0.476. The molecule has 0 spiro atoms. The van der Waals surface area contributed by atoms with Gasteiger partial charge in [0.25, 0.3) is 11.6 Å². The summed E-state index contributed by atoms with van der Waals surface area (Å²) in [7, 11) is 0. The topological polar surface area (TPSA) is 98.5 Å². The average molecular weight is 388 g/mol. The Bertz CT molecular complexity index is 836. The number of anilines is 1. The highest BCUT2D eigenvalue weighted by atomic mass is 32.1. The van der Waals surface area contributed by atoms with Crippen LogP contribution in [0.15, 0.2) is 35.7 Å². The molecular formula is C15H11F3N2O5S. The summed E-state index contributed by atoms with van der Waals surface area (Å²) in [6.07, 6.45) is -6.30. The first-order chi connectivity index (χ1) is 12.1. The lowest BCUT2D eigenvalue weighted by atomic mass is 10.1. The van der Waals surface area contributed by atoms with E-state index in [1.807, 2.05) is 5.32 Å². The van der Waals surface area contributed by atoms with E-state index in [1.165, 1.54) is 13.0 Å². The molecule has 0 saturated heterocycles. The van der Waals surface area contributed by atoms with Gasteiger partial charge in [0.15, 0.2) is 6.10 Å². The highest BCUT2D eigenvalue weighted by Crippen LogP contribution is 2.37. The van der Waals surface area contributed by atoms with Crippen molar-refractivity contribution in [1.29, 1.82) is 0 Å².